The standard InChI is InChI=1S/C25H20BrN3OS/c1-16-5-11-19(12-6-16)29-24(23(28-25(29)31)20-4-2-3-15-27-20)22-14-13-21(30-22)17-7-9-18(26)10-8-17/h2-15,23-24H,1H3,(H,28,31)/t23-,24-/m0/s1. The minimum atomic E-state index is -0.158. The maximum Gasteiger partial charge on any atom is 0.174 e. The summed E-state index contributed by atoms with van der Waals surface area (Å²) in [6.45, 7) is 2.08. The first-order valence-electron chi connectivity index (χ1n) is 10.0. The SMILES string of the molecule is Cc1ccc(N2C(=S)N[C@@H](c3ccccn3)[C@@H]2c2ccc(-c3ccc(Br)cc3)o2)cc1. The summed E-state index contributed by atoms with van der Waals surface area (Å²) in [5.41, 5.74) is 4.17. The molecule has 1 aliphatic heterocycles. The number of pyridine rings is 1. The molecule has 6 heteroatoms. The number of furan rings is 1. The average Bonchev–Trinajstić information content (AvgIpc) is 3.40. The fraction of sp³-hybridized carbons (Fsp3) is 0.120. The maximum atomic E-state index is 6.38. The molecule has 3 heterocycles. The zero-order valence-corrected chi connectivity index (χ0v) is 19.2. The predicted molar refractivity (Wildman–Crippen MR) is 131 cm³/mol. The van der Waals surface area contributed by atoms with E-state index in [-0.39, 0.29) is 12.1 Å². The molecule has 0 radical (unpaired) electrons. The summed E-state index contributed by atoms with van der Waals surface area (Å²) in [6, 6.07) is 26.2. The monoisotopic (exact) mass is 489 g/mol. The van der Waals surface area contributed by atoms with Gasteiger partial charge < -0.3 is 14.6 Å². The number of nitrogens with zero attached hydrogens (tertiary/aromatic N) is 2. The smallest absolute Gasteiger partial charge is 0.174 e. The van der Waals surface area contributed by atoms with Gasteiger partial charge in [-0.3, -0.25) is 4.98 Å². The normalized spacial score (nSPS) is 18.3. The first-order valence-corrected chi connectivity index (χ1v) is 11.2. The Hall–Kier alpha value is -2.96. The highest BCUT2D eigenvalue weighted by molar-refractivity contribution is 9.10. The van der Waals surface area contributed by atoms with Crippen LogP contribution >= 0.6 is 28.1 Å². The summed E-state index contributed by atoms with van der Waals surface area (Å²) in [7, 11) is 0. The van der Waals surface area contributed by atoms with Crippen molar-refractivity contribution in [2.75, 3.05) is 4.90 Å². The van der Waals surface area contributed by atoms with Crippen LogP contribution in [0.1, 0.15) is 29.1 Å². The fourth-order valence-electron chi connectivity index (χ4n) is 3.91. The van der Waals surface area contributed by atoms with Gasteiger partial charge in [0.25, 0.3) is 0 Å². The molecule has 154 valence electrons. The third kappa shape index (κ3) is 3.89. The van der Waals surface area contributed by atoms with Crippen LogP contribution in [0.2, 0.25) is 0 Å². The molecule has 0 unspecified atom stereocenters. The summed E-state index contributed by atoms with van der Waals surface area (Å²) >= 11 is 9.25. The summed E-state index contributed by atoms with van der Waals surface area (Å²) in [5.74, 6) is 1.66. The lowest BCUT2D eigenvalue weighted by atomic mass is 10.0. The van der Waals surface area contributed by atoms with Crippen molar-refractivity contribution in [2.24, 2.45) is 0 Å². The van der Waals surface area contributed by atoms with E-state index in [0.717, 1.165) is 32.9 Å². The molecule has 1 saturated heterocycles. The van der Waals surface area contributed by atoms with Gasteiger partial charge in [0.1, 0.15) is 17.6 Å². The maximum absolute atomic E-state index is 6.38. The Morgan fingerprint density at radius 1 is 0.968 bits per heavy atom. The molecule has 1 aliphatic rings. The number of halogens is 1. The molecule has 0 aliphatic carbocycles. The van der Waals surface area contributed by atoms with E-state index >= 15 is 0 Å². The molecule has 31 heavy (non-hydrogen) atoms. The van der Waals surface area contributed by atoms with Crippen LogP contribution in [0.25, 0.3) is 11.3 Å². The van der Waals surface area contributed by atoms with Gasteiger partial charge in [-0.05, 0) is 67.7 Å². The van der Waals surface area contributed by atoms with Crippen molar-refractivity contribution in [3.8, 4) is 11.3 Å². The van der Waals surface area contributed by atoms with Crippen molar-refractivity contribution >= 4 is 38.9 Å². The number of aromatic nitrogens is 1. The van der Waals surface area contributed by atoms with Crippen molar-refractivity contribution in [3.63, 3.8) is 0 Å². The number of benzene rings is 2. The molecule has 4 aromatic rings. The Kier molecular flexibility index (Phi) is 5.34. The molecule has 4 nitrogen and oxygen atoms in total. The molecular formula is C25H20BrN3OS. The Morgan fingerprint density at radius 2 is 1.74 bits per heavy atom. The van der Waals surface area contributed by atoms with E-state index in [1.54, 1.807) is 6.20 Å². The number of aryl methyl sites for hydroxylation is 1. The van der Waals surface area contributed by atoms with Gasteiger partial charge in [-0.15, -0.1) is 0 Å². The lowest BCUT2D eigenvalue weighted by molar-refractivity contribution is 0.439. The van der Waals surface area contributed by atoms with Gasteiger partial charge in [0.15, 0.2) is 5.11 Å². The van der Waals surface area contributed by atoms with Gasteiger partial charge in [0, 0.05) is 21.9 Å². The number of nitrogens with one attached hydrogen (secondary N) is 1. The summed E-state index contributed by atoms with van der Waals surface area (Å²) in [4.78, 5) is 6.72. The first-order chi connectivity index (χ1) is 15.1. The quantitative estimate of drug-likeness (QED) is 0.327. The van der Waals surface area contributed by atoms with Crippen LogP contribution in [0.3, 0.4) is 0 Å². The van der Waals surface area contributed by atoms with Crippen LogP contribution in [0.4, 0.5) is 5.69 Å². The minimum absolute atomic E-state index is 0.126. The molecule has 5 rings (SSSR count). The van der Waals surface area contributed by atoms with Crippen molar-refractivity contribution in [2.45, 2.75) is 19.0 Å². The summed E-state index contributed by atoms with van der Waals surface area (Å²) in [5, 5.41) is 4.13. The molecule has 0 saturated carbocycles. The fourth-order valence-corrected chi connectivity index (χ4v) is 4.52. The molecule has 2 aromatic carbocycles. The Labute approximate surface area is 195 Å². The number of hydrogen-bond donors (Lipinski definition) is 1. The van der Waals surface area contributed by atoms with E-state index in [2.05, 4.69) is 62.3 Å². The zero-order valence-electron chi connectivity index (χ0n) is 16.8. The number of thiocarbonyl (C=S) groups is 1. The average molecular weight is 490 g/mol. The van der Waals surface area contributed by atoms with Gasteiger partial charge >= 0.3 is 0 Å². The van der Waals surface area contributed by atoms with E-state index < -0.39 is 0 Å². The predicted octanol–water partition coefficient (Wildman–Crippen LogP) is 6.59. The van der Waals surface area contributed by atoms with Crippen LogP contribution in [0.5, 0.6) is 0 Å². The third-order valence-electron chi connectivity index (χ3n) is 5.46. The van der Waals surface area contributed by atoms with Crippen LogP contribution in [0, 0.1) is 6.92 Å². The lowest BCUT2D eigenvalue weighted by Crippen LogP contribution is -2.29. The van der Waals surface area contributed by atoms with Gasteiger partial charge in [0.2, 0.25) is 0 Å². The third-order valence-corrected chi connectivity index (χ3v) is 6.30. The molecule has 2 atom stereocenters. The molecule has 1 N–H and O–H groups in total. The van der Waals surface area contributed by atoms with Gasteiger partial charge in [0.05, 0.1) is 11.7 Å². The van der Waals surface area contributed by atoms with Crippen molar-refractivity contribution < 1.29 is 4.42 Å². The van der Waals surface area contributed by atoms with E-state index in [9.17, 15) is 0 Å². The number of rotatable bonds is 4. The molecular weight excluding hydrogens is 470 g/mol. The van der Waals surface area contributed by atoms with Gasteiger partial charge in [-0.1, -0.05) is 51.8 Å². The van der Waals surface area contributed by atoms with Crippen molar-refractivity contribution in [1.82, 2.24) is 10.3 Å². The molecule has 1 fully saturated rings. The molecule has 2 aromatic heterocycles. The highest BCUT2D eigenvalue weighted by Gasteiger charge is 2.42. The summed E-state index contributed by atoms with van der Waals surface area (Å²) in [6.07, 6.45) is 1.81. The van der Waals surface area contributed by atoms with Crippen LogP contribution in [-0.2, 0) is 0 Å². The van der Waals surface area contributed by atoms with E-state index in [4.69, 9.17) is 16.6 Å². The number of hydrogen-bond acceptors (Lipinski definition) is 3. The summed E-state index contributed by atoms with van der Waals surface area (Å²) < 4.78 is 7.42. The Bertz CT molecular complexity index is 1210. The van der Waals surface area contributed by atoms with Crippen LogP contribution in [0.15, 0.2) is 93.9 Å². The first kappa shape index (κ1) is 20.0. The molecule has 0 amide bonds. The Balaban J connectivity index is 1.59. The van der Waals surface area contributed by atoms with Gasteiger partial charge in [-0.2, -0.15) is 0 Å². The van der Waals surface area contributed by atoms with Crippen LogP contribution < -0.4 is 10.2 Å². The lowest BCUT2D eigenvalue weighted by Gasteiger charge is -2.26. The van der Waals surface area contributed by atoms with E-state index in [1.165, 1.54) is 5.56 Å². The largest absolute Gasteiger partial charge is 0.459 e. The second-order valence-electron chi connectivity index (χ2n) is 7.54. The molecule has 0 bridgehead atoms. The highest BCUT2D eigenvalue weighted by atomic mass is 79.9. The topological polar surface area (TPSA) is 41.3 Å². The highest BCUT2D eigenvalue weighted by Crippen LogP contribution is 2.42. The molecule has 0 spiro atoms. The van der Waals surface area contributed by atoms with Crippen LogP contribution in [-0.4, -0.2) is 10.1 Å². The minimum Gasteiger partial charge on any atom is -0.459 e. The van der Waals surface area contributed by atoms with Crippen molar-refractivity contribution in [3.05, 3.63) is 107 Å². The van der Waals surface area contributed by atoms with Crippen molar-refractivity contribution in [1.29, 1.82) is 0 Å². The van der Waals surface area contributed by atoms with E-state index in [0.29, 0.717) is 5.11 Å². The second-order valence-corrected chi connectivity index (χ2v) is 8.84. The van der Waals surface area contributed by atoms with E-state index in [1.807, 2.05) is 54.6 Å². The number of anilines is 1. The second kappa shape index (κ2) is 8.29. The van der Waals surface area contributed by atoms with Gasteiger partial charge in [-0.25, -0.2) is 0 Å². The zero-order chi connectivity index (χ0) is 21.4. The Morgan fingerprint density at radius 3 is 2.45 bits per heavy atom.